The van der Waals surface area contributed by atoms with Crippen molar-refractivity contribution in [2.24, 2.45) is 0 Å². The van der Waals surface area contributed by atoms with Crippen LogP contribution in [0.15, 0.2) is 60.7 Å². The summed E-state index contributed by atoms with van der Waals surface area (Å²) in [4.78, 5) is 38.3. The number of anilines is 2. The summed E-state index contributed by atoms with van der Waals surface area (Å²) in [6, 6.07) is 17.0. The van der Waals surface area contributed by atoms with E-state index in [9.17, 15) is 9.59 Å². The number of nitrogen functional groups attached to an aromatic ring is 2. The van der Waals surface area contributed by atoms with Crippen LogP contribution in [0.4, 0.5) is 11.8 Å². The fraction of sp³-hybridized carbons (Fsp3) is 0. The van der Waals surface area contributed by atoms with E-state index in [1.165, 1.54) is 0 Å². The number of benzene rings is 2. The van der Waals surface area contributed by atoms with Crippen molar-refractivity contribution in [1.29, 1.82) is 0 Å². The third-order valence-corrected chi connectivity index (χ3v) is 4.02. The van der Waals surface area contributed by atoms with Crippen LogP contribution >= 0.6 is 0 Å². The molecule has 2 heterocycles. The van der Waals surface area contributed by atoms with E-state index in [0.717, 1.165) is 4.57 Å². The fourth-order valence-electron chi connectivity index (χ4n) is 2.80. The molecule has 132 valence electrons. The molecule has 0 fully saturated rings. The second kappa shape index (κ2) is 6.34. The maximum Gasteiger partial charge on any atom is 0.264 e. The predicted octanol–water partition coefficient (Wildman–Crippen LogP) is 1.91. The average Bonchev–Trinajstić information content (AvgIpc) is 3.07. The highest BCUT2D eigenvalue weighted by Gasteiger charge is 2.26. The lowest BCUT2D eigenvalue weighted by molar-refractivity contribution is 0.0935. The van der Waals surface area contributed by atoms with Crippen molar-refractivity contribution in [3.05, 3.63) is 77.6 Å². The summed E-state index contributed by atoms with van der Waals surface area (Å²) in [5.41, 5.74) is 12.6. The third kappa shape index (κ3) is 2.78. The van der Waals surface area contributed by atoms with E-state index in [1.807, 2.05) is 0 Å². The second-order valence-electron chi connectivity index (χ2n) is 5.78. The Hall–Kier alpha value is -4.07. The van der Waals surface area contributed by atoms with Crippen molar-refractivity contribution >= 4 is 34.6 Å². The van der Waals surface area contributed by atoms with E-state index < -0.39 is 11.7 Å². The molecule has 2 aromatic carbocycles. The maximum atomic E-state index is 13.1. The van der Waals surface area contributed by atoms with Gasteiger partial charge in [0.2, 0.25) is 11.7 Å². The van der Waals surface area contributed by atoms with Crippen LogP contribution in [-0.4, -0.2) is 31.2 Å². The Bertz CT molecular complexity index is 1170. The monoisotopic (exact) mass is 358 g/mol. The number of nitrogens with two attached hydrogens (primary N) is 2. The largest absolute Gasteiger partial charge is 0.382 e. The van der Waals surface area contributed by atoms with Crippen LogP contribution in [0.3, 0.4) is 0 Å². The summed E-state index contributed by atoms with van der Waals surface area (Å²) >= 11 is 0. The van der Waals surface area contributed by atoms with Crippen LogP contribution in [0.5, 0.6) is 0 Å². The van der Waals surface area contributed by atoms with Crippen molar-refractivity contribution in [2.45, 2.75) is 0 Å². The maximum absolute atomic E-state index is 13.1. The van der Waals surface area contributed by atoms with Crippen molar-refractivity contribution < 1.29 is 9.59 Å². The van der Waals surface area contributed by atoms with Gasteiger partial charge >= 0.3 is 0 Å². The number of imidazole rings is 1. The van der Waals surface area contributed by atoms with Gasteiger partial charge in [-0.3, -0.25) is 9.59 Å². The van der Waals surface area contributed by atoms with Gasteiger partial charge in [0.15, 0.2) is 17.3 Å². The molecular formula is C19H14N6O2. The van der Waals surface area contributed by atoms with Gasteiger partial charge in [-0.2, -0.15) is 9.97 Å². The van der Waals surface area contributed by atoms with Crippen LogP contribution in [0.1, 0.15) is 26.5 Å². The lowest BCUT2D eigenvalue weighted by Crippen LogP contribution is -2.20. The molecule has 2 aromatic heterocycles. The highest BCUT2D eigenvalue weighted by molar-refractivity contribution is 6.14. The molecule has 0 atom stereocenters. The van der Waals surface area contributed by atoms with Crippen LogP contribution < -0.4 is 11.5 Å². The second-order valence-corrected chi connectivity index (χ2v) is 5.78. The normalized spacial score (nSPS) is 10.8. The molecule has 4 aromatic rings. The Morgan fingerprint density at radius 3 is 2.00 bits per heavy atom. The lowest BCUT2D eigenvalue weighted by atomic mass is 10.1. The minimum absolute atomic E-state index is 0.0265. The number of aromatic nitrogens is 4. The minimum Gasteiger partial charge on any atom is -0.382 e. The number of nitrogens with zero attached hydrogens (tertiary/aromatic N) is 4. The summed E-state index contributed by atoms with van der Waals surface area (Å²) in [6.07, 6.45) is 0. The van der Waals surface area contributed by atoms with E-state index in [1.54, 1.807) is 60.7 Å². The van der Waals surface area contributed by atoms with Crippen molar-refractivity contribution in [2.75, 3.05) is 11.5 Å². The predicted molar refractivity (Wildman–Crippen MR) is 100 cm³/mol. The molecule has 0 spiro atoms. The first-order valence-corrected chi connectivity index (χ1v) is 8.07. The number of fused-ring (bicyclic) bond motifs is 1. The van der Waals surface area contributed by atoms with E-state index in [-0.39, 0.29) is 28.8 Å². The molecule has 0 aliphatic rings. The highest BCUT2D eigenvalue weighted by Crippen LogP contribution is 2.23. The molecule has 0 radical (unpaired) electrons. The molecule has 8 nitrogen and oxygen atoms in total. The zero-order valence-electron chi connectivity index (χ0n) is 14.0. The first-order chi connectivity index (χ1) is 13.1. The molecule has 0 aliphatic heterocycles. The van der Waals surface area contributed by atoms with Crippen LogP contribution in [0, 0.1) is 0 Å². The summed E-state index contributed by atoms with van der Waals surface area (Å²) in [6.45, 7) is 0. The third-order valence-electron chi connectivity index (χ3n) is 4.02. The summed E-state index contributed by atoms with van der Waals surface area (Å²) in [5.74, 6) is -1.11. The quantitative estimate of drug-likeness (QED) is 0.535. The molecule has 8 heteroatoms. The lowest BCUT2D eigenvalue weighted by Gasteiger charge is -2.08. The number of carbonyl (C=O) groups excluding carboxylic acids is 2. The number of ketones is 1. The highest BCUT2D eigenvalue weighted by atomic mass is 16.2. The topological polar surface area (TPSA) is 130 Å². The van der Waals surface area contributed by atoms with Crippen LogP contribution in [-0.2, 0) is 0 Å². The van der Waals surface area contributed by atoms with Crippen molar-refractivity contribution in [1.82, 2.24) is 19.5 Å². The average molecular weight is 358 g/mol. The van der Waals surface area contributed by atoms with Gasteiger partial charge in [-0.1, -0.05) is 48.5 Å². The Labute approximate surface area is 153 Å². The molecule has 0 saturated heterocycles. The fourth-order valence-corrected chi connectivity index (χ4v) is 2.80. The van der Waals surface area contributed by atoms with E-state index in [2.05, 4.69) is 15.0 Å². The number of hydrogen-bond donors (Lipinski definition) is 2. The van der Waals surface area contributed by atoms with Gasteiger partial charge in [0.25, 0.3) is 5.91 Å². The molecular weight excluding hydrogens is 344 g/mol. The minimum atomic E-state index is -0.461. The number of rotatable bonds is 3. The Kier molecular flexibility index (Phi) is 3.85. The van der Waals surface area contributed by atoms with Crippen molar-refractivity contribution in [3.63, 3.8) is 0 Å². The van der Waals surface area contributed by atoms with Gasteiger partial charge in [0.1, 0.15) is 5.52 Å². The van der Waals surface area contributed by atoms with Crippen molar-refractivity contribution in [3.8, 4) is 0 Å². The molecule has 4 N–H and O–H groups in total. The van der Waals surface area contributed by atoms with Gasteiger partial charge in [-0.15, -0.1) is 0 Å². The van der Waals surface area contributed by atoms with Gasteiger partial charge in [-0.25, -0.2) is 9.55 Å². The molecule has 0 saturated carbocycles. The van der Waals surface area contributed by atoms with E-state index in [0.29, 0.717) is 11.1 Å². The molecule has 0 bridgehead atoms. The Morgan fingerprint density at radius 2 is 1.37 bits per heavy atom. The summed E-state index contributed by atoms with van der Waals surface area (Å²) in [5, 5.41) is 0. The van der Waals surface area contributed by atoms with Gasteiger partial charge < -0.3 is 11.5 Å². The van der Waals surface area contributed by atoms with Gasteiger partial charge in [0, 0.05) is 11.1 Å². The van der Waals surface area contributed by atoms with Gasteiger partial charge in [0.05, 0.1) is 0 Å². The smallest absolute Gasteiger partial charge is 0.264 e. The number of hydrogen-bond acceptors (Lipinski definition) is 7. The van der Waals surface area contributed by atoms with E-state index in [4.69, 9.17) is 11.5 Å². The summed E-state index contributed by atoms with van der Waals surface area (Å²) < 4.78 is 1.15. The Balaban J connectivity index is 2.00. The standard InChI is InChI=1S/C19H14N6O2/c20-15-13-16(24-19(21)22-15)23-17(14(26)11-7-3-1-4-8-11)25(13)18(27)12-9-5-2-6-10-12/h1-10H,(H4,20,21,22,24). The molecule has 0 aliphatic carbocycles. The first kappa shape index (κ1) is 16.4. The number of carbonyl (C=O) groups is 2. The molecule has 27 heavy (non-hydrogen) atoms. The zero-order valence-corrected chi connectivity index (χ0v) is 14.0. The first-order valence-electron chi connectivity index (χ1n) is 8.07. The van der Waals surface area contributed by atoms with E-state index >= 15 is 0 Å². The molecule has 4 rings (SSSR count). The van der Waals surface area contributed by atoms with Crippen LogP contribution in [0.25, 0.3) is 11.2 Å². The van der Waals surface area contributed by atoms with Gasteiger partial charge in [-0.05, 0) is 12.1 Å². The molecule has 0 unspecified atom stereocenters. The summed E-state index contributed by atoms with van der Waals surface area (Å²) in [7, 11) is 0. The SMILES string of the molecule is Nc1nc(N)c2c(n1)nc(C(=O)c1ccccc1)n2C(=O)c1ccccc1. The Morgan fingerprint density at radius 1 is 0.778 bits per heavy atom. The van der Waals surface area contributed by atoms with Crippen LogP contribution in [0.2, 0.25) is 0 Å². The zero-order chi connectivity index (χ0) is 19.0. The molecule has 0 amide bonds.